The van der Waals surface area contributed by atoms with Crippen molar-refractivity contribution in [2.24, 2.45) is 0 Å². The molecule has 2 saturated heterocycles. The fourth-order valence-electron chi connectivity index (χ4n) is 2.48. The van der Waals surface area contributed by atoms with E-state index < -0.39 is 6.09 Å². The van der Waals surface area contributed by atoms with Gasteiger partial charge < -0.3 is 14.7 Å². The number of carboxylic acid groups (broad SMARTS) is 1. The number of carbonyl (C=O) groups is 1. The normalized spacial score (nSPS) is 31.2. The van der Waals surface area contributed by atoms with E-state index in [0.29, 0.717) is 13.1 Å². The first kappa shape index (κ1) is 9.66. The van der Waals surface area contributed by atoms with Crippen LogP contribution in [0.15, 0.2) is 30.3 Å². The molecule has 0 saturated carbocycles. The van der Waals surface area contributed by atoms with Gasteiger partial charge in [-0.3, -0.25) is 0 Å². The van der Waals surface area contributed by atoms with Crippen LogP contribution in [0, 0.1) is 0 Å². The molecular weight excluding hydrogens is 206 g/mol. The van der Waals surface area contributed by atoms with Crippen LogP contribution in [0.3, 0.4) is 0 Å². The molecule has 1 aromatic carbocycles. The van der Waals surface area contributed by atoms with Crippen molar-refractivity contribution in [1.29, 1.82) is 0 Å². The number of benzene rings is 1. The van der Waals surface area contributed by atoms with Gasteiger partial charge in [-0.15, -0.1) is 0 Å². The lowest BCUT2D eigenvalue weighted by molar-refractivity contribution is 0.120. The molecule has 0 radical (unpaired) electrons. The number of nitrogens with zero attached hydrogens (tertiary/aromatic N) is 1. The number of ether oxygens (including phenoxy) is 1. The molecule has 0 aliphatic carbocycles. The Morgan fingerprint density at radius 2 is 2.25 bits per heavy atom. The van der Waals surface area contributed by atoms with Gasteiger partial charge in [0.05, 0.1) is 13.1 Å². The van der Waals surface area contributed by atoms with Crippen molar-refractivity contribution in [3.05, 3.63) is 35.9 Å². The summed E-state index contributed by atoms with van der Waals surface area (Å²) in [6.45, 7) is 1.02. The molecule has 2 heterocycles. The van der Waals surface area contributed by atoms with E-state index in [1.807, 2.05) is 18.2 Å². The van der Waals surface area contributed by atoms with Gasteiger partial charge in [0, 0.05) is 6.42 Å². The summed E-state index contributed by atoms with van der Waals surface area (Å²) in [5.74, 6) is 0. The van der Waals surface area contributed by atoms with Gasteiger partial charge in [0.15, 0.2) is 0 Å². The number of rotatable bonds is 2. The highest BCUT2D eigenvalue weighted by molar-refractivity contribution is 5.66. The summed E-state index contributed by atoms with van der Waals surface area (Å²) >= 11 is 0. The molecule has 3 rings (SSSR count). The van der Waals surface area contributed by atoms with Gasteiger partial charge in [-0.1, -0.05) is 30.3 Å². The Hall–Kier alpha value is -1.55. The summed E-state index contributed by atoms with van der Waals surface area (Å²) in [6, 6.07) is 10.1. The fourth-order valence-corrected chi connectivity index (χ4v) is 2.48. The first-order valence-corrected chi connectivity index (χ1v) is 5.39. The monoisotopic (exact) mass is 219 g/mol. The molecule has 2 atom stereocenters. The van der Waals surface area contributed by atoms with Crippen molar-refractivity contribution in [2.45, 2.75) is 18.1 Å². The molecule has 4 heteroatoms. The molecule has 4 nitrogen and oxygen atoms in total. The third-order valence-electron chi connectivity index (χ3n) is 3.37. The molecule has 16 heavy (non-hydrogen) atoms. The largest absolute Gasteiger partial charge is 0.465 e. The molecule has 2 unspecified atom stereocenters. The number of amides is 1. The van der Waals surface area contributed by atoms with Crippen LogP contribution < -0.4 is 0 Å². The average Bonchev–Trinajstić information content (AvgIpc) is 2.81. The molecule has 1 aromatic rings. The molecule has 2 aliphatic heterocycles. The van der Waals surface area contributed by atoms with Crippen LogP contribution in [-0.2, 0) is 11.2 Å². The van der Waals surface area contributed by atoms with Crippen LogP contribution in [-0.4, -0.2) is 40.9 Å². The molecule has 2 aliphatic rings. The summed E-state index contributed by atoms with van der Waals surface area (Å²) in [5, 5.41) is 8.90. The van der Waals surface area contributed by atoms with Crippen LogP contribution in [0.1, 0.15) is 5.56 Å². The first-order valence-electron chi connectivity index (χ1n) is 5.39. The van der Waals surface area contributed by atoms with Crippen LogP contribution >= 0.6 is 0 Å². The van der Waals surface area contributed by atoms with Gasteiger partial charge in [-0.25, -0.2) is 4.79 Å². The van der Waals surface area contributed by atoms with Crippen molar-refractivity contribution < 1.29 is 14.6 Å². The minimum atomic E-state index is -0.844. The average molecular weight is 219 g/mol. The molecule has 84 valence electrons. The SMILES string of the molecule is O=C(O)N1CC2OC2(Cc2ccccc2)C1. The van der Waals surface area contributed by atoms with E-state index in [1.54, 1.807) is 0 Å². The lowest BCUT2D eigenvalue weighted by atomic mass is 9.98. The predicted molar refractivity (Wildman–Crippen MR) is 57.3 cm³/mol. The Morgan fingerprint density at radius 3 is 2.88 bits per heavy atom. The second kappa shape index (κ2) is 3.22. The molecule has 2 fully saturated rings. The van der Waals surface area contributed by atoms with Crippen LogP contribution in [0.5, 0.6) is 0 Å². The van der Waals surface area contributed by atoms with Crippen molar-refractivity contribution >= 4 is 6.09 Å². The number of fused-ring (bicyclic) bond motifs is 1. The summed E-state index contributed by atoms with van der Waals surface area (Å²) in [5.41, 5.74) is 0.969. The molecule has 1 amide bonds. The van der Waals surface area contributed by atoms with E-state index >= 15 is 0 Å². The van der Waals surface area contributed by atoms with E-state index in [-0.39, 0.29) is 11.7 Å². The standard InChI is InChI=1S/C12H13NO3/c14-11(15)13-7-10-12(8-13,16-10)6-9-4-2-1-3-5-9/h1-5,10H,6-8H2,(H,14,15). The van der Waals surface area contributed by atoms with Gasteiger partial charge in [-0.2, -0.15) is 0 Å². The molecule has 0 aromatic heterocycles. The maximum atomic E-state index is 10.8. The Morgan fingerprint density at radius 1 is 1.50 bits per heavy atom. The van der Waals surface area contributed by atoms with Crippen molar-refractivity contribution in [3.8, 4) is 0 Å². The van der Waals surface area contributed by atoms with E-state index in [4.69, 9.17) is 9.84 Å². The topological polar surface area (TPSA) is 53.1 Å². The Kier molecular flexibility index (Phi) is 1.94. The number of likely N-dealkylation sites (tertiary alicyclic amines) is 1. The summed E-state index contributed by atoms with van der Waals surface area (Å²) in [7, 11) is 0. The van der Waals surface area contributed by atoms with Crippen LogP contribution in [0.2, 0.25) is 0 Å². The van der Waals surface area contributed by atoms with E-state index in [1.165, 1.54) is 10.5 Å². The Bertz CT molecular complexity index is 420. The minimum absolute atomic E-state index is 0.101. The van der Waals surface area contributed by atoms with Gasteiger partial charge in [0.25, 0.3) is 0 Å². The number of morpholine rings is 1. The zero-order valence-electron chi connectivity index (χ0n) is 8.80. The molecular formula is C12H13NO3. The summed E-state index contributed by atoms with van der Waals surface area (Å²) in [4.78, 5) is 12.3. The van der Waals surface area contributed by atoms with Crippen LogP contribution in [0.25, 0.3) is 0 Å². The smallest absolute Gasteiger partial charge is 0.407 e. The lowest BCUT2D eigenvalue weighted by Crippen LogP contribution is -2.33. The zero-order chi connectivity index (χ0) is 11.2. The maximum absolute atomic E-state index is 10.8. The maximum Gasteiger partial charge on any atom is 0.407 e. The van der Waals surface area contributed by atoms with Gasteiger partial charge >= 0.3 is 6.09 Å². The lowest BCUT2D eigenvalue weighted by Gasteiger charge is -2.16. The van der Waals surface area contributed by atoms with E-state index in [9.17, 15) is 4.79 Å². The predicted octanol–water partition coefficient (Wildman–Crippen LogP) is 1.36. The third kappa shape index (κ3) is 1.46. The zero-order valence-corrected chi connectivity index (χ0v) is 8.80. The molecule has 0 spiro atoms. The Labute approximate surface area is 93.4 Å². The van der Waals surface area contributed by atoms with Crippen molar-refractivity contribution in [3.63, 3.8) is 0 Å². The summed E-state index contributed by atoms with van der Waals surface area (Å²) < 4.78 is 5.62. The van der Waals surface area contributed by atoms with Crippen molar-refractivity contribution in [1.82, 2.24) is 4.90 Å². The molecule has 1 N–H and O–H groups in total. The van der Waals surface area contributed by atoms with Gasteiger partial charge in [0.2, 0.25) is 0 Å². The highest BCUT2D eigenvalue weighted by atomic mass is 16.6. The highest BCUT2D eigenvalue weighted by Gasteiger charge is 2.63. The van der Waals surface area contributed by atoms with E-state index in [0.717, 1.165) is 6.42 Å². The second-order valence-electron chi connectivity index (χ2n) is 4.50. The van der Waals surface area contributed by atoms with Crippen LogP contribution in [0.4, 0.5) is 4.79 Å². The van der Waals surface area contributed by atoms with Crippen molar-refractivity contribution in [2.75, 3.05) is 13.1 Å². The van der Waals surface area contributed by atoms with E-state index in [2.05, 4.69) is 12.1 Å². The number of hydrogen-bond acceptors (Lipinski definition) is 2. The summed E-state index contributed by atoms with van der Waals surface area (Å²) in [6.07, 6.45) is 0.0643. The quantitative estimate of drug-likeness (QED) is 0.764. The third-order valence-corrected chi connectivity index (χ3v) is 3.37. The minimum Gasteiger partial charge on any atom is -0.465 e. The van der Waals surface area contributed by atoms with Gasteiger partial charge in [0.1, 0.15) is 11.7 Å². The number of hydrogen-bond donors (Lipinski definition) is 1. The highest BCUT2D eigenvalue weighted by Crippen LogP contribution is 2.45. The second-order valence-corrected chi connectivity index (χ2v) is 4.50. The first-order chi connectivity index (χ1) is 7.70. The van der Waals surface area contributed by atoms with Gasteiger partial charge in [-0.05, 0) is 5.56 Å². The number of epoxide rings is 1. The fraction of sp³-hybridized carbons (Fsp3) is 0.417. The Balaban J connectivity index is 1.72. The molecule has 0 bridgehead atoms.